The van der Waals surface area contributed by atoms with Crippen LogP contribution < -0.4 is 10.0 Å². The average Bonchev–Trinajstić information content (AvgIpc) is 2.78. The van der Waals surface area contributed by atoms with Crippen molar-refractivity contribution < 1.29 is 8.42 Å². The monoisotopic (exact) mass is 314 g/mol. The van der Waals surface area contributed by atoms with Gasteiger partial charge in [0.15, 0.2) is 0 Å². The van der Waals surface area contributed by atoms with Crippen LogP contribution in [0.3, 0.4) is 0 Å². The predicted octanol–water partition coefficient (Wildman–Crippen LogP) is 1.21. The van der Waals surface area contributed by atoms with Crippen molar-refractivity contribution in [2.75, 3.05) is 13.1 Å². The van der Waals surface area contributed by atoms with Crippen LogP contribution in [-0.2, 0) is 16.6 Å². The molecule has 1 aliphatic rings. The summed E-state index contributed by atoms with van der Waals surface area (Å²) in [6, 6.07) is -0.0416. The lowest BCUT2D eigenvalue weighted by molar-refractivity contribution is 0.457. The lowest BCUT2D eigenvalue weighted by Crippen LogP contribution is -2.29. The molecule has 0 aromatic carbocycles. The fraction of sp³-hybridized carbons (Fsp3) is 0.786. The Morgan fingerprint density at radius 1 is 1.29 bits per heavy atom. The predicted molar refractivity (Wildman–Crippen MR) is 82.4 cm³/mol. The Hall–Kier alpha value is -0.920. The van der Waals surface area contributed by atoms with E-state index in [4.69, 9.17) is 0 Å². The zero-order valence-electron chi connectivity index (χ0n) is 13.5. The maximum atomic E-state index is 12.4. The number of aromatic nitrogens is 2. The largest absolute Gasteiger partial charge is 0.315 e. The first-order valence-electron chi connectivity index (χ1n) is 7.38. The summed E-state index contributed by atoms with van der Waals surface area (Å²) in [5.74, 6) is 0. The van der Waals surface area contributed by atoms with Crippen LogP contribution in [0.25, 0.3) is 0 Å². The van der Waals surface area contributed by atoms with E-state index in [1.54, 1.807) is 10.9 Å². The molecule has 0 spiro atoms. The van der Waals surface area contributed by atoms with E-state index < -0.39 is 10.0 Å². The Morgan fingerprint density at radius 2 is 1.90 bits per heavy atom. The zero-order valence-corrected chi connectivity index (χ0v) is 14.3. The van der Waals surface area contributed by atoms with E-state index in [1.165, 1.54) is 6.20 Å². The van der Waals surface area contributed by atoms with Crippen LogP contribution in [0.5, 0.6) is 0 Å². The third-order valence-electron chi connectivity index (χ3n) is 4.98. The van der Waals surface area contributed by atoms with Gasteiger partial charge in [0.1, 0.15) is 4.90 Å². The summed E-state index contributed by atoms with van der Waals surface area (Å²) in [7, 11) is -3.50. The first-order valence-corrected chi connectivity index (χ1v) is 8.86. The minimum Gasteiger partial charge on any atom is -0.315 e. The first kappa shape index (κ1) is 16.5. The molecule has 1 aliphatic carbocycles. The van der Waals surface area contributed by atoms with Gasteiger partial charge >= 0.3 is 0 Å². The molecular weight excluding hydrogens is 288 g/mol. The molecular formula is C14H26N4O2S. The molecule has 1 saturated carbocycles. The lowest BCUT2D eigenvalue weighted by atomic mass is 10.0. The molecule has 0 unspecified atom stereocenters. The van der Waals surface area contributed by atoms with Crippen LogP contribution in [0, 0.1) is 10.8 Å². The van der Waals surface area contributed by atoms with Gasteiger partial charge in [-0.3, -0.25) is 4.68 Å². The number of nitrogens with one attached hydrogen (secondary N) is 2. The van der Waals surface area contributed by atoms with Crippen molar-refractivity contribution in [3.63, 3.8) is 0 Å². The topological polar surface area (TPSA) is 76.0 Å². The summed E-state index contributed by atoms with van der Waals surface area (Å²) in [4.78, 5) is 0.234. The number of hydrogen-bond donors (Lipinski definition) is 2. The molecule has 0 aliphatic heterocycles. The van der Waals surface area contributed by atoms with E-state index in [-0.39, 0.29) is 21.8 Å². The summed E-state index contributed by atoms with van der Waals surface area (Å²) in [6.45, 7) is 12.7. The highest BCUT2D eigenvalue weighted by Crippen LogP contribution is 2.62. The number of sulfonamides is 1. The number of likely N-dealkylation sites (N-methyl/N-ethyl adjacent to an activating group) is 1. The Labute approximate surface area is 127 Å². The van der Waals surface area contributed by atoms with Crippen molar-refractivity contribution in [3.05, 3.63) is 12.4 Å². The van der Waals surface area contributed by atoms with Gasteiger partial charge < -0.3 is 5.32 Å². The molecule has 1 heterocycles. The fourth-order valence-electron chi connectivity index (χ4n) is 2.69. The second-order valence-corrected chi connectivity index (χ2v) is 8.50. The van der Waals surface area contributed by atoms with E-state index in [0.717, 1.165) is 13.1 Å². The first-order chi connectivity index (χ1) is 9.63. The van der Waals surface area contributed by atoms with Crippen LogP contribution in [0.4, 0.5) is 0 Å². The SMILES string of the molecule is CCNCCn1cc(S(=O)(=O)NC2C(C)(C)C2(C)C)cn1. The Kier molecular flexibility index (Phi) is 4.21. The van der Waals surface area contributed by atoms with Crippen molar-refractivity contribution in [3.8, 4) is 0 Å². The van der Waals surface area contributed by atoms with Gasteiger partial charge in [-0.05, 0) is 17.4 Å². The standard InChI is InChI=1S/C14H26N4O2S/c1-6-15-7-8-18-10-11(9-16-18)21(19,20)17-12-13(2,3)14(12,4)5/h9-10,12,15,17H,6-8H2,1-5H3. The molecule has 120 valence electrons. The van der Waals surface area contributed by atoms with Crippen LogP contribution >= 0.6 is 0 Å². The molecule has 0 amide bonds. The van der Waals surface area contributed by atoms with Gasteiger partial charge in [-0.25, -0.2) is 13.1 Å². The number of nitrogens with zero attached hydrogens (tertiary/aromatic N) is 2. The van der Waals surface area contributed by atoms with E-state index in [0.29, 0.717) is 6.54 Å². The number of rotatable bonds is 7. The Balaban J connectivity index is 2.04. The molecule has 2 N–H and O–H groups in total. The van der Waals surface area contributed by atoms with Crippen LogP contribution in [0.15, 0.2) is 17.3 Å². The molecule has 7 heteroatoms. The molecule has 2 rings (SSSR count). The van der Waals surface area contributed by atoms with Gasteiger partial charge in [0.2, 0.25) is 10.0 Å². The summed E-state index contributed by atoms with van der Waals surface area (Å²) in [5.41, 5.74) is -0.0534. The number of hydrogen-bond acceptors (Lipinski definition) is 4. The van der Waals surface area contributed by atoms with Crippen LogP contribution in [0.1, 0.15) is 34.6 Å². The van der Waals surface area contributed by atoms with Crippen LogP contribution in [-0.4, -0.2) is 37.3 Å². The van der Waals surface area contributed by atoms with Crippen molar-refractivity contribution in [2.24, 2.45) is 10.8 Å². The van der Waals surface area contributed by atoms with E-state index in [1.807, 2.05) is 6.92 Å². The molecule has 0 saturated heterocycles. The highest BCUT2D eigenvalue weighted by atomic mass is 32.2. The molecule has 6 nitrogen and oxygen atoms in total. The quantitative estimate of drug-likeness (QED) is 0.742. The average molecular weight is 314 g/mol. The summed E-state index contributed by atoms with van der Waals surface area (Å²) < 4.78 is 29.3. The van der Waals surface area contributed by atoms with Crippen LogP contribution in [0.2, 0.25) is 0 Å². The molecule has 0 bridgehead atoms. The second-order valence-electron chi connectivity index (χ2n) is 6.79. The van der Waals surface area contributed by atoms with Crippen molar-refractivity contribution in [1.29, 1.82) is 0 Å². The molecule has 0 radical (unpaired) electrons. The molecule has 21 heavy (non-hydrogen) atoms. The normalized spacial score (nSPS) is 20.6. The highest BCUT2D eigenvalue weighted by molar-refractivity contribution is 7.89. The van der Waals surface area contributed by atoms with E-state index in [9.17, 15) is 8.42 Å². The minimum atomic E-state index is -3.50. The van der Waals surface area contributed by atoms with E-state index >= 15 is 0 Å². The maximum Gasteiger partial charge on any atom is 0.243 e. The van der Waals surface area contributed by atoms with Crippen molar-refractivity contribution >= 4 is 10.0 Å². The Bertz CT molecular complexity index is 590. The highest BCUT2D eigenvalue weighted by Gasteiger charge is 2.66. The lowest BCUT2D eigenvalue weighted by Gasteiger charge is -2.06. The molecule has 0 atom stereocenters. The summed E-state index contributed by atoms with van der Waals surface area (Å²) in [6.07, 6.45) is 3.00. The summed E-state index contributed by atoms with van der Waals surface area (Å²) >= 11 is 0. The van der Waals surface area contributed by atoms with Gasteiger partial charge in [-0.2, -0.15) is 5.10 Å². The third-order valence-corrected chi connectivity index (χ3v) is 6.36. The van der Waals surface area contributed by atoms with Gasteiger partial charge in [-0.15, -0.1) is 0 Å². The fourth-order valence-corrected chi connectivity index (χ4v) is 4.17. The molecule has 1 fully saturated rings. The second kappa shape index (κ2) is 5.37. The summed E-state index contributed by atoms with van der Waals surface area (Å²) in [5, 5.41) is 7.29. The molecule has 1 aromatic heterocycles. The van der Waals surface area contributed by atoms with Crippen molar-refractivity contribution in [2.45, 2.75) is 52.1 Å². The van der Waals surface area contributed by atoms with Gasteiger partial charge in [-0.1, -0.05) is 34.6 Å². The van der Waals surface area contributed by atoms with Crippen molar-refractivity contribution in [1.82, 2.24) is 19.8 Å². The van der Waals surface area contributed by atoms with Gasteiger partial charge in [0.05, 0.1) is 12.7 Å². The van der Waals surface area contributed by atoms with Gasteiger partial charge in [0, 0.05) is 18.8 Å². The smallest absolute Gasteiger partial charge is 0.243 e. The van der Waals surface area contributed by atoms with Gasteiger partial charge in [0.25, 0.3) is 0 Å². The Morgan fingerprint density at radius 3 is 2.43 bits per heavy atom. The third kappa shape index (κ3) is 3.00. The minimum absolute atomic E-state index is 0.0267. The van der Waals surface area contributed by atoms with E-state index in [2.05, 4.69) is 42.8 Å². The molecule has 1 aromatic rings. The zero-order chi connectivity index (χ0) is 15.9. The maximum absolute atomic E-state index is 12.4.